The zero-order valence-corrected chi connectivity index (χ0v) is 16.3. The van der Waals surface area contributed by atoms with Crippen molar-refractivity contribution in [1.82, 2.24) is 22.5 Å². The van der Waals surface area contributed by atoms with Crippen LogP contribution in [-0.2, 0) is 27.3 Å². The van der Waals surface area contributed by atoms with Crippen LogP contribution >= 0.6 is 0 Å². The average molecular weight is 392 g/mol. The second-order valence-electron chi connectivity index (χ2n) is 6.51. The number of rotatable bonds is 4. The number of aromatic nitrogens is 2. The number of nitrogens with zero attached hydrogens (tertiary/aromatic N) is 5. The summed E-state index contributed by atoms with van der Waals surface area (Å²) in [6.07, 6.45) is 3.73. The van der Waals surface area contributed by atoms with Gasteiger partial charge < -0.3 is 4.57 Å². The lowest BCUT2D eigenvalue weighted by Gasteiger charge is -2.26. The Labute approximate surface area is 149 Å². The summed E-state index contributed by atoms with van der Waals surface area (Å²) in [7, 11) is -5.46. The van der Waals surface area contributed by atoms with Gasteiger partial charge in [-0.05, 0) is 26.2 Å². The first kappa shape index (κ1) is 18.8. The quantitative estimate of drug-likeness (QED) is 0.706. The van der Waals surface area contributed by atoms with Gasteiger partial charge in [0.05, 0.1) is 0 Å². The molecule has 0 aromatic carbocycles. The third-order valence-corrected chi connectivity index (χ3v) is 8.63. The fourth-order valence-electron chi connectivity index (χ4n) is 3.21. The number of aryl methyl sites for hydroxylation is 2. The fourth-order valence-corrected chi connectivity index (χ4v) is 6.42. The first-order valence-electron chi connectivity index (χ1n) is 8.48. The highest BCUT2D eigenvalue weighted by Gasteiger charge is 2.35. The van der Waals surface area contributed by atoms with Crippen LogP contribution in [0.4, 0.5) is 0 Å². The Morgan fingerprint density at radius 1 is 0.840 bits per heavy atom. The summed E-state index contributed by atoms with van der Waals surface area (Å²) in [5.41, 5.74) is 0. The van der Waals surface area contributed by atoms with Crippen molar-refractivity contribution in [3.63, 3.8) is 0 Å². The third-order valence-electron chi connectivity index (χ3n) is 4.82. The predicted octanol–water partition coefficient (Wildman–Crippen LogP) is -0.234. The van der Waals surface area contributed by atoms with Gasteiger partial charge in [-0.1, -0.05) is 0 Å². The second-order valence-corrected chi connectivity index (χ2v) is 10.3. The predicted molar refractivity (Wildman–Crippen MR) is 92.6 cm³/mol. The molecule has 25 heavy (non-hydrogen) atoms. The Kier molecular flexibility index (Phi) is 5.22. The molecule has 2 fully saturated rings. The summed E-state index contributed by atoms with van der Waals surface area (Å²) in [5, 5.41) is 0.0170. The summed E-state index contributed by atoms with van der Waals surface area (Å²) < 4.78 is 56.9. The lowest BCUT2D eigenvalue weighted by atomic mass is 10.4. The minimum absolute atomic E-state index is 0.0170. The molecule has 0 saturated carbocycles. The molecular formula is C14H25N5O4S2. The maximum absolute atomic E-state index is 12.8. The van der Waals surface area contributed by atoms with Gasteiger partial charge in [0.2, 0.25) is 0 Å². The number of hydrogen-bond donors (Lipinski definition) is 0. The van der Waals surface area contributed by atoms with Crippen LogP contribution in [-0.4, -0.2) is 78.6 Å². The third kappa shape index (κ3) is 3.61. The first-order chi connectivity index (χ1) is 11.7. The zero-order valence-electron chi connectivity index (χ0n) is 14.6. The highest BCUT2D eigenvalue weighted by molar-refractivity contribution is 7.89. The maximum atomic E-state index is 12.8. The highest BCUT2D eigenvalue weighted by Crippen LogP contribution is 2.21. The monoisotopic (exact) mass is 391 g/mol. The van der Waals surface area contributed by atoms with Crippen molar-refractivity contribution in [1.29, 1.82) is 0 Å². The van der Waals surface area contributed by atoms with E-state index in [2.05, 4.69) is 4.98 Å². The van der Waals surface area contributed by atoms with E-state index in [0.717, 1.165) is 12.8 Å². The molecular weight excluding hydrogens is 366 g/mol. The van der Waals surface area contributed by atoms with Gasteiger partial charge in [-0.15, -0.1) is 0 Å². The molecule has 1 aromatic rings. The number of hydrogen-bond acceptors (Lipinski definition) is 5. The summed E-state index contributed by atoms with van der Waals surface area (Å²) >= 11 is 0. The molecule has 1 aromatic heterocycles. The van der Waals surface area contributed by atoms with Gasteiger partial charge in [0.1, 0.15) is 5.82 Å². The normalized spacial score (nSPS) is 22.3. The Hall–Kier alpha value is -1.01. The molecule has 0 N–H and O–H groups in total. The van der Waals surface area contributed by atoms with Crippen LogP contribution in [0, 0.1) is 6.92 Å². The van der Waals surface area contributed by atoms with E-state index in [4.69, 9.17) is 0 Å². The number of imidazole rings is 1. The van der Waals surface area contributed by atoms with Gasteiger partial charge in [0, 0.05) is 52.5 Å². The van der Waals surface area contributed by atoms with E-state index < -0.39 is 20.2 Å². The van der Waals surface area contributed by atoms with Crippen molar-refractivity contribution in [2.24, 2.45) is 7.05 Å². The van der Waals surface area contributed by atoms with E-state index in [1.165, 1.54) is 19.1 Å². The van der Waals surface area contributed by atoms with Crippen molar-refractivity contribution in [2.45, 2.75) is 31.2 Å². The standard InChI is InChI=1S/C14H25N5O4S2/c1-13-15-14(12-16(13)2)24(20,21)17-8-5-9-19(11-10-17)25(22,23)18-6-3-4-7-18/h12H,3-11H2,1-2H3. The molecule has 2 aliphatic rings. The molecule has 3 rings (SSSR count). The molecule has 11 heteroatoms. The Morgan fingerprint density at radius 2 is 1.36 bits per heavy atom. The van der Waals surface area contributed by atoms with Gasteiger partial charge in [-0.3, -0.25) is 0 Å². The van der Waals surface area contributed by atoms with Crippen LogP contribution in [0.5, 0.6) is 0 Å². The van der Waals surface area contributed by atoms with Gasteiger partial charge >= 0.3 is 0 Å². The van der Waals surface area contributed by atoms with E-state index in [-0.39, 0.29) is 18.1 Å². The Balaban J connectivity index is 1.75. The molecule has 142 valence electrons. The zero-order chi connectivity index (χ0) is 18.2. The lowest BCUT2D eigenvalue weighted by Crippen LogP contribution is -2.44. The van der Waals surface area contributed by atoms with E-state index in [1.54, 1.807) is 18.5 Å². The molecule has 0 radical (unpaired) electrons. The van der Waals surface area contributed by atoms with Gasteiger partial charge in [-0.2, -0.15) is 21.3 Å². The molecule has 3 heterocycles. The fraction of sp³-hybridized carbons (Fsp3) is 0.786. The molecule has 0 atom stereocenters. The SMILES string of the molecule is Cc1nc(S(=O)(=O)N2CCCN(S(=O)(=O)N3CCCC3)CC2)cn1C. The van der Waals surface area contributed by atoms with Crippen LogP contribution in [0.3, 0.4) is 0 Å². The summed E-state index contributed by atoms with van der Waals surface area (Å²) in [6.45, 7) is 3.79. The molecule has 2 saturated heterocycles. The van der Waals surface area contributed by atoms with Crippen LogP contribution < -0.4 is 0 Å². The minimum atomic E-state index is -3.71. The molecule has 0 unspecified atom stereocenters. The van der Waals surface area contributed by atoms with Gasteiger partial charge in [-0.25, -0.2) is 13.4 Å². The van der Waals surface area contributed by atoms with Crippen molar-refractivity contribution < 1.29 is 16.8 Å². The highest BCUT2D eigenvalue weighted by atomic mass is 32.2. The van der Waals surface area contributed by atoms with Gasteiger partial charge in [0.25, 0.3) is 20.2 Å². The lowest BCUT2D eigenvalue weighted by molar-refractivity contribution is 0.364. The van der Waals surface area contributed by atoms with Crippen LogP contribution in [0.25, 0.3) is 0 Å². The van der Waals surface area contributed by atoms with Crippen LogP contribution in [0.1, 0.15) is 25.1 Å². The maximum Gasteiger partial charge on any atom is 0.282 e. The van der Waals surface area contributed by atoms with Crippen LogP contribution in [0.15, 0.2) is 11.2 Å². The van der Waals surface area contributed by atoms with Crippen molar-refractivity contribution in [2.75, 3.05) is 39.3 Å². The van der Waals surface area contributed by atoms with Gasteiger partial charge in [0.15, 0.2) is 5.03 Å². The summed E-state index contributed by atoms with van der Waals surface area (Å²) in [4.78, 5) is 4.11. The smallest absolute Gasteiger partial charge is 0.282 e. The Morgan fingerprint density at radius 3 is 1.96 bits per heavy atom. The number of sulfonamides is 1. The largest absolute Gasteiger partial charge is 0.337 e. The molecule has 0 aliphatic carbocycles. The summed E-state index contributed by atoms with van der Waals surface area (Å²) in [5.74, 6) is 0.617. The van der Waals surface area contributed by atoms with Crippen molar-refractivity contribution >= 4 is 20.2 Å². The molecule has 0 bridgehead atoms. The van der Waals surface area contributed by atoms with Crippen molar-refractivity contribution in [3.8, 4) is 0 Å². The van der Waals surface area contributed by atoms with E-state index in [0.29, 0.717) is 38.4 Å². The molecule has 9 nitrogen and oxygen atoms in total. The Bertz CT molecular complexity index is 808. The van der Waals surface area contributed by atoms with E-state index in [9.17, 15) is 16.8 Å². The summed E-state index contributed by atoms with van der Waals surface area (Å²) in [6, 6.07) is 0. The molecule has 2 aliphatic heterocycles. The molecule has 0 amide bonds. The second kappa shape index (κ2) is 6.95. The van der Waals surface area contributed by atoms with Crippen molar-refractivity contribution in [3.05, 3.63) is 12.0 Å². The minimum Gasteiger partial charge on any atom is -0.337 e. The van der Waals surface area contributed by atoms with Crippen LogP contribution in [0.2, 0.25) is 0 Å². The van der Waals surface area contributed by atoms with E-state index in [1.807, 2.05) is 0 Å². The molecule has 0 spiro atoms. The first-order valence-corrected chi connectivity index (χ1v) is 11.3. The topological polar surface area (TPSA) is 95.8 Å². The average Bonchev–Trinajstić information content (AvgIpc) is 3.12. The van der Waals surface area contributed by atoms with E-state index >= 15 is 0 Å².